The Morgan fingerprint density at radius 3 is 2.62 bits per heavy atom. The van der Waals surface area contributed by atoms with Crippen molar-refractivity contribution < 1.29 is 23.5 Å². The number of furan rings is 1. The number of benzene rings is 1. The van der Waals surface area contributed by atoms with Crippen molar-refractivity contribution in [2.24, 2.45) is 5.73 Å². The number of ether oxygens (including phenoxy) is 1. The highest BCUT2D eigenvalue weighted by Crippen LogP contribution is 2.37. The van der Waals surface area contributed by atoms with Crippen LogP contribution in [0.4, 0.5) is 5.00 Å². The molecule has 0 atom stereocenters. The number of esters is 1. The molecule has 0 aliphatic heterocycles. The lowest BCUT2D eigenvalue weighted by atomic mass is 9.95. The van der Waals surface area contributed by atoms with E-state index in [4.69, 9.17) is 14.9 Å². The molecule has 2 heterocycles. The molecule has 1 aliphatic rings. The highest BCUT2D eigenvalue weighted by molar-refractivity contribution is 7.17. The van der Waals surface area contributed by atoms with Crippen LogP contribution in [0.1, 0.15) is 45.8 Å². The van der Waals surface area contributed by atoms with Crippen molar-refractivity contribution in [2.45, 2.75) is 38.5 Å². The number of nitrogens with one attached hydrogen (secondary N) is 1. The largest absolute Gasteiger partial charge is 0.461 e. The number of amides is 2. The van der Waals surface area contributed by atoms with E-state index in [2.05, 4.69) is 5.32 Å². The molecular weight excluding hydrogens is 428 g/mol. The molecule has 7 nitrogen and oxygen atoms in total. The highest BCUT2D eigenvalue weighted by Gasteiger charge is 2.25. The summed E-state index contributed by atoms with van der Waals surface area (Å²) < 4.78 is 10.9. The standard InChI is InChI=1S/C24H24N2O5S/c25-23(29)22-17-8-4-5-9-19(17)32-24(22)26-20(27)14-30-21(28)13-11-16-10-12-18(31-16)15-6-2-1-3-7-15/h1-3,6-7,10,12H,4-5,8-9,11,13-14H2,(H2,25,29)(H,26,27). The summed E-state index contributed by atoms with van der Waals surface area (Å²) in [6.07, 6.45) is 4.18. The van der Waals surface area contributed by atoms with Crippen LogP contribution in [0.3, 0.4) is 0 Å². The number of hydrogen-bond donors (Lipinski definition) is 2. The first-order valence-electron chi connectivity index (χ1n) is 10.5. The van der Waals surface area contributed by atoms with Crippen molar-refractivity contribution in [1.29, 1.82) is 0 Å². The predicted molar refractivity (Wildman–Crippen MR) is 122 cm³/mol. The van der Waals surface area contributed by atoms with Crippen molar-refractivity contribution >= 4 is 34.1 Å². The van der Waals surface area contributed by atoms with Gasteiger partial charge >= 0.3 is 5.97 Å². The van der Waals surface area contributed by atoms with Crippen LogP contribution in [0.2, 0.25) is 0 Å². The molecule has 0 fully saturated rings. The van der Waals surface area contributed by atoms with Crippen LogP contribution < -0.4 is 11.1 Å². The molecule has 3 N–H and O–H groups in total. The number of aryl methyl sites for hydroxylation is 2. The van der Waals surface area contributed by atoms with Gasteiger partial charge in [-0.15, -0.1) is 11.3 Å². The molecule has 1 aliphatic carbocycles. The fourth-order valence-corrected chi connectivity index (χ4v) is 5.10. The van der Waals surface area contributed by atoms with Gasteiger partial charge in [-0.2, -0.15) is 0 Å². The lowest BCUT2D eigenvalue weighted by molar-refractivity contribution is -0.147. The Hall–Kier alpha value is -3.39. The summed E-state index contributed by atoms with van der Waals surface area (Å²) in [7, 11) is 0. The lowest BCUT2D eigenvalue weighted by Gasteiger charge is -2.11. The Morgan fingerprint density at radius 1 is 1.06 bits per heavy atom. The summed E-state index contributed by atoms with van der Waals surface area (Å²) in [5.74, 6) is -0.148. The maximum atomic E-state index is 12.3. The van der Waals surface area contributed by atoms with Crippen LogP contribution in [0.15, 0.2) is 46.9 Å². The van der Waals surface area contributed by atoms with E-state index in [1.54, 1.807) is 0 Å². The van der Waals surface area contributed by atoms with Gasteiger partial charge in [0.05, 0.1) is 12.0 Å². The Labute approximate surface area is 189 Å². The number of primary amides is 1. The van der Waals surface area contributed by atoms with Gasteiger partial charge in [-0.05, 0) is 43.4 Å². The molecule has 0 saturated carbocycles. The first kappa shape index (κ1) is 21.8. The molecule has 2 amide bonds. The van der Waals surface area contributed by atoms with Gasteiger partial charge < -0.3 is 20.2 Å². The molecule has 4 rings (SSSR count). The van der Waals surface area contributed by atoms with E-state index >= 15 is 0 Å². The van der Waals surface area contributed by atoms with E-state index in [-0.39, 0.29) is 6.42 Å². The normalized spacial score (nSPS) is 12.8. The summed E-state index contributed by atoms with van der Waals surface area (Å²) >= 11 is 1.38. The average Bonchev–Trinajstić information content (AvgIpc) is 3.41. The summed E-state index contributed by atoms with van der Waals surface area (Å²) in [4.78, 5) is 37.3. The van der Waals surface area contributed by atoms with Crippen LogP contribution in [0, 0.1) is 0 Å². The van der Waals surface area contributed by atoms with Crippen molar-refractivity contribution in [3.8, 4) is 11.3 Å². The van der Waals surface area contributed by atoms with Crippen molar-refractivity contribution in [3.63, 3.8) is 0 Å². The number of anilines is 1. The van der Waals surface area contributed by atoms with Gasteiger partial charge in [0.1, 0.15) is 16.5 Å². The molecule has 3 aromatic rings. The lowest BCUT2D eigenvalue weighted by Crippen LogP contribution is -2.23. The second-order valence-corrected chi connectivity index (χ2v) is 8.73. The Balaban J connectivity index is 1.27. The van der Waals surface area contributed by atoms with Crippen LogP contribution in [0.25, 0.3) is 11.3 Å². The second-order valence-electron chi connectivity index (χ2n) is 7.62. The SMILES string of the molecule is NC(=O)c1c(NC(=O)COC(=O)CCc2ccc(-c3ccccc3)o2)sc2c1CCCC2. The number of rotatable bonds is 8. The molecule has 32 heavy (non-hydrogen) atoms. The smallest absolute Gasteiger partial charge is 0.306 e. The predicted octanol–water partition coefficient (Wildman–Crippen LogP) is 4.10. The minimum atomic E-state index is -0.551. The number of thiophene rings is 1. The summed E-state index contributed by atoms with van der Waals surface area (Å²) in [5.41, 5.74) is 7.82. The first-order chi connectivity index (χ1) is 15.5. The zero-order valence-electron chi connectivity index (χ0n) is 17.5. The van der Waals surface area contributed by atoms with Gasteiger partial charge in [-0.3, -0.25) is 14.4 Å². The fourth-order valence-electron chi connectivity index (χ4n) is 3.79. The first-order valence-corrected chi connectivity index (χ1v) is 11.4. The zero-order valence-corrected chi connectivity index (χ0v) is 18.3. The maximum Gasteiger partial charge on any atom is 0.306 e. The van der Waals surface area contributed by atoms with Crippen molar-refractivity contribution in [1.82, 2.24) is 0 Å². The van der Waals surface area contributed by atoms with Gasteiger partial charge in [0.25, 0.3) is 11.8 Å². The van der Waals surface area contributed by atoms with Gasteiger partial charge in [-0.1, -0.05) is 30.3 Å². The Bertz CT molecular complexity index is 1130. The monoisotopic (exact) mass is 452 g/mol. The van der Waals surface area contributed by atoms with Crippen LogP contribution >= 0.6 is 11.3 Å². The average molecular weight is 453 g/mol. The van der Waals surface area contributed by atoms with Crippen molar-refractivity contribution in [3.05, 3.63) is 64.2 Å². The Kier molecular flexibility index (Phi) is 6.70. The number of hydrogen-bond acceptors (Lipinski definition) is 6. The minimum Gasteiger partial charge on any atom is -0.461 e. The van der Waals surface area contributed by atoms with E-state index in [0.29, 0.717) is 22.7 Å². The molecule has 2 aromatic heterocycles. The molecule has 0 unspecified atom stereocenters. The number of fused-ring (bicyclic) bond motifs is 1. The minimum absolute atomic E-state index is 0.0921. The third-order valence-electron chi connectivity index (χ3n) is 5.33. The topological polar surface area (TPSA) is 112 Å². The third kappa shape index (κ3) is 5.08. The third-order valence-corrected chi connectivity index (χ3v) is 6.54. The fraction of sp³-hybridized carbons (Fsp3) is 0.292. The maximum absolute atomic E-state index is 12.3. The molecule has 1 aromatic carbocycles. The molecule has 8 heteroatoms. The second kappa shape index (κ2) is 9.82. The zero-order chi connectivity index (χ0) is 22.5. The molecule has 0 saturated heterocycles. The van der Waals surface area contributed by atoms with Crippen LogP contribution in [0.5, 0.6) is 0 Å². The van der Waals surface area contributed by atoms with E-state index in [9.17, 15) is 14.4 Å². The van der Waals surface area contributed by atoms with Gasteiger partial charge in [0.2, 0.25) is 0 Å². The van der Waals surface area contributed by atoms with Crippen molar-refractivity contribution in [2.75, 3.05) is 11.9 Å². The number of carbonyl (C=O) groups excluding carboxylic acids is 3. The van der Waals surface area contributed by atoms with E-state index in [0.717, 1.165) is 47.4 Å². The van der Waals surface area contributed by atoms with E-state index in [1.165, 1.54) is 11.3 Å². The highest BCUT2D eigenvalue weighted by atomic mass is 32.1. The van der Waals surface area contributed by atoms with Crippen LogP contribution in [-0.2, 0) is 33.6 Å². The van der Waals surface area contributed by atoms with E-state index < -0.39 is 24.4 Å². The number of carbonyl (C=O) groups is 3. The molecule has 0 bridgehead atoms. The van der Waals surface area contributed by atoms with Gasteiger partial charge in [-0.25, -0.2) is 0 Å². The van der Waals surface area contributed by atoms with E-state index in [1.807, 2.05) is 42.5 Å². The summed E-state index contributed by atoms with van der Waals surface area (Å²) in [6, 6.07) is 13.4. The van der Waals surface area contributed by atoms with Gasteiger partial charge in [0, 0.05) is 16.9 Å². The van der Waals surface area contributed by atoms with Crippen LogP contribution in [-0.4, -0.2) is 24.4 Å². The Morgan fingerprint density at radius 2 is 1.84 bits per heavy atom. The summed E-state index contributed by atoms with van der Waals surface area (Å²) in [5, 5.41) is 3.12. The number of nitrogens with two attached hydrogens (primary N) is 1. The summed E-state index contributed by atoms with van der Waals surface area (Å²) in [6.45, 7) is -0.424. The molecule has 0 spiro atoms. The molecule has 0 radical (unpaired) electrons. The quantitative estimate of drug-likeness (QED) is 0.500. The van der Waals surface area contributed by atoms with Gasteiger partial charge in [0.15, 0.2) is 6.61 Å². The molecule has 166 valence electrons. The molecular formula is C24H24N2O5S.